The number of thioether (sulfide) groups is 1. The van der Waals surface area contributed by atoms with Crippen LogP contribution in [0.2, 0.25) is 0 Å². The van der Waals surface area contributed by atoms with Gasteiger partial charge in [0.1, 0.15) is 5.54 Å². The van der Waals surface area contributed by atoms with Crippen LogP contribution in [0.1, 0.15) is 32.6 Å². The third-order valence-corrected chi connectivity index (χ3v) is 3.98. The van der Waals surface area contributed by atoms with E-state index in [4.69, 9.17) is 9.47 Å². The fourth-order valence-electron chi connectivity index (χ4n) is 2.42. The van der Waals surface area contributed by atoms with E-state index < -0.39 is 5.54 Å². The van der Waals surface area contributed by atoms with Crippen LogP contribution in [0.3, 0.4) is 0 Å². The SMILES string of the molecule is CCOC(=O)C1(Nc2nc(OC)nc(SC)n2)CCCC1. The van der Waals surface area contributed by atoms with E-state index in [1.165, 1.54) is 18.9 Å². The van der Waals surface area contributed by atoms with Crippen molar-refractivity contribution in [2.45, 2.75) is 43.3 Å². The van der Waals surface area contributed by atoms with Crippen molar-refractivity contribution in [2.24, 2.45) is 0 Å². The van der Waals surface area contributed by atoms with Crippen molar-refractivity contribution in [3.8, 4) is 6.01 Å². The number of methoxy groups -OCH3 is 1. The van der Waals surface area contributed by atoms with Gasteiger partial charge in [-0.15, -0.1) is 0 Å². The van der Waals surface area contributed by atoms with E-state index in [2.05, 4.69) is 20.3 Å². The molecule has 0 radical (unpaired) electrons. The summed E-state index contributed by atoms with van der Waals surface area (Å²) in [4.78, 5) is 24.9. The van der Waals surface area contributed by atoms with Crippen molar-refractivity contribution in [2.75, 3.05) is 25.3 Å². The highest BCUT2D eigenvalue weighted by atomic mass is 32.2. The molecule has 1 aromatic rings. The first kappa shape index (κ1) is 15.8. The van der Waals surface area contributed by atoms with Crippen molar-refractivity contribution in [3.05, 3.63) is 0 Å². The normalized spacial score (nSPS) is 16.5. The highest BCUT2D eigenvalue weighted by Gasteiger charge is 2.43. The Kier molecular flexibility index (Phi) is 5.22. The van der Waals surface area contributed by atoms with Crippen molar-refractivity contribution < 1.29 is 14.3 Å². The molecule has 0 atom stereocenters. The van der Waals surface area contributed by atoms with Crippen LogP contribution in [0, 0.1) is 0 Å². The predicted octanol–water partition coefficient (Wildman–Crippen LogP) is 1.89. The second kappa shape index (κ2) is 6.93. The second-order valence-corrected chi connectivity index (χ2v) is 5.54. The average Bonchev–Trinajstić information content (AvgIpc) is 2.96. The Balaban J connectivity index is 2.26. The number of carbonyl (C=O) groups excluding carboxylic acids is 1. The lowest BCUT2D eigenvalue weighted by molar-refractivity contribution is -0.148. The third kappa shape index (κ3) is 3.55. The monoisotopic (exact) mass is 312 g/mol. The summed E-state index contributed by atoms with van der Waals surface area (Å²) in [6.07, 6.45) is 5.25. The standard InChI is InChI=1S/C13H20N4O3S/c1-4-20-9(18)13(7-5-6-8-13)17-10-14-11(19-2)16-12(15-10)21-3/h4-8H2,1-3H3,(H,14,15,16,17). The minimum Gasteiger partial charge on any atom is -0.467 e. The summed E-state index contributed by atoms with van der Waals surface area (Å²) >= 11 is 1.39. The number of anilines is 1. The minimum atomic E-state index is -0.738. The molecule has 116 valence electrons. The van der Waals surface area contributed by atoms with Crippen LogP contribution in [-0.4, -0.2) is 46.4 Å². The molecular formula is C13H20N4O3S. The summed E-state index contributed by atoms with van der Waals surface area (Å²) in [5.41, 5.74) is -0.738. The summed E-state index contributed by atoms with van der Waals surface area (Å²) in [6, 6.07) is 0.230. The maximum absolute atomic E-state index is 12.3. The molecule has 1 N–H and O–H groups in total. The smallest absolute Gasteiger partial charge is 0.331 e. The number of hydrogen-bond donors (Lipinski definition) is 1. The summed E-state index contributed by atoms with van der Waals surface area (Å²) in [5.74, 6) is 0.105. The third-order valence-electron chi connectivity index (χ3n) is 3.43. The van der Waals surface area contributed by atoms with E-state index in [1.807, 2.05) is 6.26 Å². The number of rotatable bonds is 6. The molecular weight excluding hydrogens is 292 g/mol. The molecule has 0 saturated heterocycles. The van der Waals surface area contributed by atoms with E-state index in [0.717, 1.165) is 12.8 Å². The molecule has 1 saturated carbocycles. The largest absolute Gasteiger partial charge is 0.467 e. The lowest BCUT2D eigenvalue weighted by atomic mass is 9.98. The molecule has 1 fully saturated rings. The molecule has 7 nitrogen and oxygen atoms in total. The van der Waals surface area contributed by atoms with Gasteiger partial charge in [-0.05, 0) is 26.0 Å². The van der Waals surface area contributed by atoms with Crippen LogP contribution < -0.4 is 10.1 Å². The zero-order valence-corrected chi connectivity index (χ0v) is 13.3. The summed E-state index contributed by atoms with van der Waals surface area (Å²) in [5, 5.41) is 3.70. The van der Waals surface area contributed by atoms with Gasteiger partial charge in [0.15, 0.2) is 5.16 Å². The second-order valence-electron chi connectivity index (χ2n) is 4.77. The number of ether oxygens (including phenoxy) is 2. The fourth-order valence-corrected chi connectivity index (χ4v) is 2.77. The first-order valence-electron chi connectivity index (χ1n) is 6.93. The lowest BCUT2D eigenvalue weighted by Gasteiger charge is -2.27. The van der Waals surface area contributed by atoms with Crippen LogP contribution in [0.5, 0.6) is 6.01 Å². The predicted molar refractivity (Wildman–Crippen MR) is 79.6 cm³/mol. The molecule has 0 aliphatic heterocycles. The molecule has 0 spiro atoms. The maximum Gasteiger partial charge on any atom is 0.331 e. The van der Waals surface area contributed by atoms with Gasteiger partial charge in [-0.1, -0.05) is 24.6 Å². The molecule has 21 heavy (non-hydrogen) atoms. The molecule has 0 bridgehead atoms. The van der Waals surface area contributed by atoms with E-state index in [-0.39, 0.29) is 12.0 Å². The van der Waals surface area contributed by atoms with Crippen molar-refractivity contribution in [1.82, 2.24) is 15.0 Å². The molecule has 0 aromatic carbocycles. The molecule has 8 heteroatoms. The van der Waals surface area contributed by atoms with Crippen LogP contribution >= 0.6 is 11.8 Å². The highest BCUT2D eigenvalue weighted by Crippen LogP contribution is 2.34. The molecule has 2 rings (SSSR count). The molecule has 0 amide bonds. The zero-order chi connectivity index (χ0) is 15.3. The number of esters is 1. The lowest BCUT2D eigenvalue weighted by Crippen LogP contribution is -2.45. The first-order valence-corrected chi connectivity index (χ1v) is 8.15. The van der Waals surface area contributed by atoms with Gasteiger partial charge < -0.3 is 14.8 Å². The van der Waals surface area contributed by atoms with Crippen LogP contribution in [0.25, 0.3) is 0 Å². The molecule has 1 aliphatic carbocycles. The number of aromatic nitrogens is 3. The number of hydrogen-bond acceptors (Lipinski definition) is 8. The van der Waals surface area contributed by atoms with E-state index in [0.29, 0.717) is 30.6 Å². The van der Waals surface area contributed by atoms with Crippen molar-refractivity contribution >= 4 is 23.7 Å². The molecule has 1 aromatic heterocycles. The van der Waals surface area contributed by atoms with E-state index in [9.17, 15) is 4.79 Å². The van der Waals surface area contributed by atoms with Crippen molar-refractivity contribution in [3.63, 3.8) is 0 Å². The van der Waals surface area contributed by atoms with Gasteiger partial charge in [-0.2, -0.15) is 15.0 Å². The molecule has 0 unspecified atom stereocenters. The van der Waals surface area contributed by atoms with Crippen LogP contribution in [0.15, 0.2) is 5.16 Å². The molecule has 1 aliphatic rings. The summed E-state index contributed by atoms with van der Waals surface area (Å²) in [6.45, 7) is 2.16. The Morgan fingerprint density at radius 3 is 2.62 bits per heavy atom. The van der Waals surface area contributed by atoms with E-state index >= 15 is 0 Å². The topological polar surface area (TPSA) is 86.2 Å². The van der Waals surface area contributed by atoms with Gasteiger partial charge in [-0.3, -0.25) is 0 Å². The van der Waals surface area contributed by atoms with E-state index in [1.54, 1.807) is 6.92 Å². The number of nitrogens with zero attached hydrogens (tertiary/aromatic N) is 3. The van der Waals surface area contributed by atoms with Crippen LogP contribution in [-0.2, 0) is 9.53 Å². The Morgan fingerprint density at radius 1 is 1.33 bits per heavy atom. The summed E-state index contributed by atoms with van der Waals surface area (Å²) < 4.78 is 10.3. The molecule has 1 heterocycles. The first-order chi connectivity index (χ1) is 10.1. The van der Waals surface area contributed by atoms with Gasteiger partial charge in [0, 0.05) is 0 Å². The summed E-state index contributed by atoms with van der Waals surface area (Å²) in [7, 11) is 1.50. The number of carbonyl (C=O) groups is 1. The fraction of sp³-hybridized carbons (Fsp3) is 0.692. The minimum absolute atomic E-state index is 0.230. The van der Waals surface area contributed by atoms with Crippen molar-refractivity contribution in [1.29, 1.82) is 0 Å². The zero-order valence-electron chi connectivity index (χ0n) is 12.5. The van der Waals surface area contributed by atoms with Crippen LogP contribution in [0.4, 0.5) is 5.95 Å². The Labute approximate surface area is 128 Å². The van der Waals surface area contributed by atoms with Gasteiger partial charge in [0.05, 0.1) is 13.7 Å². The van der Waals surface area contributed by atoms with Gasteiger partial charge >= 0.3 is 12.0 Å². The quantitative estimate of drug-likeness (QED) is 0.629. The average molecular weight is 312 g/mol. The Hall–Kier alpha value is -1.57. The van der Waals surface area contributed by atoms with Gasteiger partial charge in [0.25, 0.3) is 0 Å². The van der Waals surface area contributed by atoms with Gasteiger partial charge in [0.2, 0.25) is 5.95 Å². The Bertz CT molecular complexity index is 484. The highest BCUT2D eigenvalue weighted by molar-refractivity contribution is 7.98. The Morgan fingerprint density at radius 2 is 2.05 bits per heavy atom. The number of nitrogens with one attached hydrogen (secondary N) is 1. The van der Waals surface area contributed by atoms with Gasteiger partial charge in [-0.25, -0.2) is 4.79 Å². The maximum atomic E-state index is 12.3.